The van der Waals surface area contributed by atoms with Crippen molar-refractivity contribution in [2.24, 2.45) is 0 Å². The van der Waals surface area contributed by atoms with Crippen LogP contribution in [0.5, 0.6) is 17.2 Å². The lowest BCUT2D eigenvalue weighted by atomic mass is 10.2. The number of rotatable bonds is 26. The van der Waals surface area contributed by atoms with Crippen molar-refractivity contribution >= 4 is 143 Å². The normalized spacial score (nSPS) is 13.5. The molecule has 3 aliphatic heterocycles. The largest absolute Gasteiger partial charge is 0.494 e. The molecule has 9 N–H and O–H groups in total. The Balaban J connectivity index is 0.000000173. The average molecular weight is 1520 g/mol. The molecule has 0 bridgehead atoms. The lowest BCUT2D eigenvalue weighted by Crippen LogP contribution is -2.48. The van der Waals surface area contributed by atoms with Gasteiger partial charge in [0.05, 0.1) is 70.2 Å². The van der Waals surface area contributed by atoms with E-state index in [9.17, 15) is 31.6 Å². The number of anilines is 18. The Bertz CT molecular complexity index is 4800. The number of aromatic nitrogens is 6. The van der Waals surface area contributed by atoms with Crippen molar-refractivity contribution in [1.29, 1.82) is 0 Å². The zero-order valence-electron chi connectivity index (χ0n) is 59.9. The van der Waals surface area contributed by atoms with Crippen molar-refractivity contribution in [3.63, 3.8) is 0 Å². The van der Waals surface area contributed by atoms with Gasteiger partial charge in [-0.2, -0.15) is 28.0 Å². The van der Waals surface area contributed by atoms with E-state index in [1.807, 2.05) is 85.5 Å². The van der Waals surface area contributed by atoms with Crippen molar-refractivity contribution in [2.75, 3.05) is 162 Å². The highest BCUT2D eigenvalue weighted by atomic mass is 35.5. The van der Waals surface area contributed by atoms with Gasteiger partial charge in [0.2, 0.25) is 45.6 Å². The van der Waals surface area contributed by atoms with Crippen LogP contribution in [0.4, 0.5) is 112 Å². The molecular formula is C75H82ClF2N19O10S. The van der Waals surface area contributed by atoms with Crippen molar-refractivity contribution < 1.29 is 55.3 Å². The Hall–Kier alpha value is -12.2. The van der Waals surface area contributed by atoms with Crippen LogP contribution in [0.1, 0.15) is 11.1 Å². The number of methoxy groups -OCH3 is 2. The molecule has 6 aromatic carbocycles. The number of aryl methyl sites for hydroxylation is 2. The van der Waals surface area contributed by atoms with E-state index in [4.69, 9.17) is 35.3 Å². The number of halogens is 3. The summed E-state index contributed by atoms with van der Waals surface area (Å²) in [5, 5.41) is 27.5. The van der Waals surface area contributed by atoms with E-state index in [0.717, 1.165) is 52.7 Å². The third-order valence-corrected chi connectivity index (χ3v) is 18.1. The molecule has 3 aromatic heterocycles. The highest BCUT2D eigenvalue weighted by Crippen LogP contribution is 2.37. The summed E-state index contributed by atoms with van der Waals surface area (Å²) in [4.78, 5) is 67.8. The van der Waals surface area contributed by atoms with Gasteiger partial charge in [0, 0.05) is 145 Å². The topological polar surface area (TPSA) is 330 Å². The number of nitrogens with zero attached hydrogens (tertiary/aromatic N) is 10. The number of nitrogens with one attached hydrogen (secondary N) is 9. The fraction of sp³-hybridized carbons (Fsp3) is 0.240. The average Bonchev–Trinajstić information content (AvgIpc) is 0.810. The second-order valence-corrected chi connectivity index (χ2v) is 26.5. The van der Waals surface area contributed by atoms with E-state index >= 15 is 0 Å². The lowest BCUT2D eigenvalue weighted by molar-refractivity contribution is -0.112. The molecule has 29 nitrogen and oxygen atoms in total. The zero-order chi connectivity index (χ0) is 76.7. The number of benzene rings is 6. The zero-order valence-corrected chi connectivity index (χ0v) is 61.4. The van der Waals surface area contributed by atoms with Gasteiger partial charge >= 0.3 is 6.61 Å². The Morgan fingerprint density at radius 3 is 1.19 bits per heavy atom. The van der Waals surface area contributed by atoms with Gasteiger partial charge in [-0.15, -0.1) is 0 Å². The monoisotopic (exact) mass is 1510 g/mol. The van der Waals surface area contributed by atoms with Gasteiger partial charge in [-0.05, 0) is 123 Å². The first kappa shape index (κ1) is 78.4. The Kier molecular flexibility index (Phi) is 27.3. The van der Waals surface area contributed by atoms with E-state index in [2.05, 4.69) is 107 Å². The van der Waals surface area contributed by atoms with Gasteiger partial charge in [-0.1, -0.05) is 49.5 Å². The molecule has 0 unspecified atom stereocenters. The second-order valence-electron chi connectivity index (χ2n) is 24.1. The molecule has 0 atom stereocenters. The predicted octanol–water partition coefficient (Wildman–Crippen LogP) is 12.9. The highest BCUT2D eigenvalue weighted by molar-refractivity contribution is 7.88. The van der Waals surface area contributed by atoms with Gasteiger partial charge in [0.25, 0.3) is 0 Å². The predicted molar refractivity (Wildman–Crippen MR) is 420 cm³/mol. The molecule has 0 spiro atoms. The molecule has 6 heterocycles. The van der Waals surface area contributed by atoms with Crippen LogP contribution in [0.2, 0.25) is 5.02 Å². The van der Waals surface area contributed by atoms with Crippen molar-refractivity contribution in [2.45, 2.75) is 20.5 Å². The summed E-state index contributed by atoms with van der Waals surface area (Å²) in [6, 6.07) is 38.3. The lowest BCUT2D eigenvalue weighted by Gasteiger charge is -2.35. The van der Waals surface area contributed by atoms with E-state index in [0.29, 0.717) is 151 Å². The molecule has 3 aliphatic rings. The molecule has 3 amide bonds. The third kappa shape index (κ3) is 22.4. The van der Waals surface area contributed by atoms with Gasteiger partial charge in [-0.3, -0.25) is 14.4 Å². The summed E-state index contributed by atoms with van der Waals surface area (Å²) in [7, 11) is 0.0249. The van der Waals surface area contributed by atoms with Crippen LogP contribution in [-0.4, -0.2) is 166 Å². The number of sulfonamides is 1. The number of morpholine rings is 2. The van der Waals surface area contributed by atoms with Crippen LogP contribution in [-0.2, 0) is 33.9 Å². The summed E-state index contributed by atoms with van der Waals surface area (Å²) in [6.45, 7) is 18.7. The maximum Gasteiger partial charge on any atom is 0.387 e. The van der Waals surface area contributed by atoms with Gasteiger partial charge in [0.15, 0.2) is 11.6 Å². The minimum atomic E-state index is -3.19. The maximum atomic E-state index is 13.2. The number of hydrogen-bond acceptors (Lipinski definition) is 25. The molecule has 0 radical (unpaired) electrons. The molecule has 3 fully saturated rings. The van der Waals surface area contributed by atoms with Crippen LogP contribution >= 0.6 is 11.6 Å². The number of amides is 3. The van der Waals surface area contributed by atoms with Gasteiger partial charge in [-0.25, -0.2) is 23.4 Å². The van der Waals surface area contributed by atoms with Crippen molar-refractivity contribution in [3.05, 3.63) is 200 Å². The molecule has 12 rings (SSSR count). The molecular weight excluding hydrogens is 1430 g/mol. The van der Waals surface area contributed by atoms with Crippen LogP contribution in [0.3, 0.4) is 0 Å². The first-order chi connectivity index (χ1) is 52.1. The van der Waals surface area contributed by atoms with Crippen LogP contribution in [0.25, 0.3) is 0 Å². The fourth-order valence-electron chi connectivity index (χ4n) is 11.0. The molecule has 564 valence electrons. The molecule has 0 saturated carbocycles. The van der Waals surface area contributed by atoms with Crippen molar-refractivity contribution in [3.8, 4) is 17.2 Å². The number of ether oxygens (including phenoxy) is 5. The summed E-state index contributed by atoms with van der Waals surface area (Å²) < 4.78 is 78.2. The Labute approximate surface area is 628 Å². The second kappa shape index (κ2) is 37.7. The summed E-state index contributed by atoms with van der Waals surface area (Å²) in [5.41, 5.74) is 10.0. The van der Waals surface area contributed by atoms with Crippen LogP contribution in [0.15, 0.2) is 184 Å². The van der Waals surface area contributed by atoms with Crippen molar-refractivity contribution in [1.82, 2.24) is 34.2 Å². The quantitative estimate of drug-likeness (QED) is 0.0227. The van der Waals surface area contributed by atoms with E-state index < -0.39 is 16.6 Å². The number of carbonyl (C=O) groups is 3. The smallest absolute Gasteiger partial charge is 0.387 e. The van der Waals surface area contributed by atoms with Gasteiger partial charge < -0.3 is 86.2 Å². The van der Waals surface area contributed by atoms with E-state index in [1.165, 1.54) is 35.0 Å². The first-order valence-corrected chi connectivity index (χ1v) is 36.1. The third-order valence-electron chi connectivity index (χ3n) is 16.5. The maximum absolute atomic E-state index is 13.2. The number of hydrogen-bond donors (Lipinski definition) is 9. The Morgan fingerprint density at radius 1 is 0.481 bits per heavy atom. The summed E-state index contributed by atoms with van der Waals surface area (Å²) in [6.07, 6.45) is 9.68. The van der Waals surface area contributed by atoms with Crippen LogP contribution in [0, 0.1) is 13.8 Å². The molecule has 108 heavy (non-hydrogen) atoms. The van der Waals surface area contributed by atoms with Gasteiger partial charge in [0.1, 0.15) is 28.2 Å². The van der Waals surface area contributed by atoms with E-state index in [1.54, 1.807) is 87.3 Å². The first-order valence-electron chi connectivity index (χ1n) is 33.9. The highest BCUT2D eigenvalue weighted by Gasteiger charge is 2.25. The standard InChI is InChI=1S/C26H31N7O4S.C25H26F2N6O3.C24H25ClN6O3/c1-5-24(34)28-19-7-6-8-20(15-19)29-25-18(2)17-27-26(31-25)30-22-10-9-21(16-23(22)37-3)32-11-13-33(14-12-32)38(4,35)36;1-3-22(34)29-17-5-4-6-18(13-17)30-23-16(2)15-28-25(32-23)31-20-8-7-19(14-21(20)36-24(26)27)33-9-11-35-12-10-33;1-3-22(32)27-16-5-4-6-17(13-16)28-23-19(25)15-26-24(30-23)29-20-8-7-18(14-21(20)33-2)31-9-11-34-12-10-31/h5-10,15-17H,1,11-14H2,2-4H3,(H,28,34)(H2,27,29,30,31);3-8,13-15,24H,1,9-12H2,2H3,(H,29,34)(H2,28,30,31,32);3-8,13-15H,1,9-12H2,2H3,(H,27,32)(H2,26,28,29,30). The number of carbonyl (C=O) groups excluding carboxylic acids is 3. The molecule has 33 heteroatoms. The molecule has 0 aliphatic carbocycles. The number of piperazine rings is 1. The van der Waals surface area contributed by atoms with Crippen LogP contribution < -0.4 is 76.8 Å². The minimum absolute atomic E-state index is 0.0154. The Morgan fingerprint density at radius 2 is 0.824 bits per heavy atom. The minimum Gasteiger partial charge on any atom is -0.494 e. The molecule has 3 saturated heterocycles. The summed E-state index contributed by atoms with van der Waals surface area (Å²) >= 11 is 6.32. The molecule has 9 aromatic rings. The summed E-state index contributed by atoms with van der Waals surface area (Å²) in [5.74, 6) is 2.79. The number of alkyl halides is 2. The van der Waals surface area contributed by atoms with E-state index in [-0.39, 0.29) is 29.4 Å². The fourth-order valence-corrected chi connectivity index (χ4v) is 12.0. The SMILES string of the molecule is C=CC(=O)Nc1cccc(Nc2nc(Nc3ccc(N4CCN(S(C)(=O)=O)CC4)cc3OC)ncc2C)c1.C=CC(=O)Nc1cccc(Nc2nc(Nc3ccc(N4CCOCC4)cc3OC(F)F)ncc2C)c1.C=CC(=O)Nc1cccc(Nc2nc(Nc3ccc(N4CCOCC4)cc3OC)ncc2Cl)c1.